The van der Waals surface area contributed by atoms with Crippen molar-refractivity contribution in [3.05, 3.63) is 48.0 Å². The van der Waals surface area contributed by atoms with Crippen molar-refractivity contribution in [2.24, 2.45) is 11.8 Å². The molecule has 0 aliphatic heterocycles. The predicted molar refractivity (Wildman–Crippen MR) is 98.6 cm³/mol. The van der Waals surface area contributed by atoms with Crippen LogP contribution in [0.5, 0.6) is 0 Å². The smallest absolute Gasteiger partial charge is 0.330 e. The Kier molecular flexibility index (Phi) is 10.1. The van der Waals surface area contributed by atoms with Gasteiger partial charge in [-0.25, -0.2) is 4.79 Å². The van der Waals surface area contributed by atoms with E-state index in [1.807, 2.05) is 31.2 Å². The van der Waals surface area contributed by atoms with E-state index >= 15 is 0 Å². The second-order valence-corrected chi connectivity index (χ2v) is 6.27. The lowest BCUT2D eigenvalue weighted by Gasteiger charge is -2.26. The fourth-order valence-electron chi connectivity index (χ4n) is 2.70. The fraction of sp³-hybridized carbons (Fsp3) is 0.571. The maximum absolute atomic E-state index is 11.6. The normalized spacial score (nSPS) is 15.2. The number of esters is 1. The van der Waals surface area contributed by atoms with Crippen LogP contribution in [-0.4, -0.2) is 18.7 Å². The lowest BCUT2D eigenvalue weighted by molar-refractivity contribution is -0.137. The largest absolute Gasteiger partial charge is 0.463 e. The van der Waals surface area contributed by atoms with Crippen LogP contribution in [0.25, 0.3) is 0 Å². The van der Waals surface area contributed by atoms with Gasteiger partial charge in [0.15, 0.2) is 0 Å². The number of hydrogen-bond donors (Lipinski definition) is 0. The number of carbonyl (C=O) groups excluding carboxylic acids is 1. The summed E-state index contributed by atoms with van der Waals surface area (Å²) in [6, 6.07) is 10.2. The molecule has 3 nitrogen and oxygen atoms in total. The summed E-state index contributed by atoms with van der Waals surface area (Å²) >= 11 is 0. The molecular formula is C21H32O3. The topological polar surface area (TPSA) is 35.5 Å². The minimum atomic E-state index is -0.274. The first kappa shape index (κ1) is 20.4. The zero-order valence-electron chi connectivity index (χ0n) is 15.5. The SMILES string of the molecule is CCOC(=O)/C=C/[C@H](C[C@@H](C)CC)[C@@H](CC)OCc1ccccc1. The van der Waals surface area contributed by atoms with Gasteiger partial charge >= 0.3 is 5.97 Å². The molecule has 1 rings (SSSR count). The summed E-state index contributed by atoms with van der Waals surface area (Å²) in [5.74, 6) is 0.541. The van der Waals surface area contributed by atoms with Gasteiger partial charge in [0.25, 0.3) is 0 Å². The Bertz CT molecular complexity index is 481. The van der Waals surface area contributed by atoms with Crippen LogP contribution in [0.1, 0.15) is 52.5 Å². The Morgan fingerprint density at radius 2 is 1.83 bits per heavy atom. The van der Waals surface area contributed by atoms with Crippen LogP contribution in [0.15, 0.2) is 42.5 Å². The third-order valence-electron chi connectivity index (χ3n) is 4.32. The van der Waals surface area contributed by atoms with Crippen LogP contribution in [-0.2, 0) is 20.9 Å². The third kappa shape index (κ3) is 7.78. The molecule has 0 unspecified atom stereocenters. The number of hydrogen-bond acceptors (Lipinski definition) is 3. The van der Waals surface area contributed by atoms with Crippen molar-refractivity contribution in [3.8, 4) is 0 Å². The number of rotatable bonds is 11. The average molecular weight is 332 g/mol. The van der Waals surface area contributed by atoms with Crippen molar-refractivity contribution < 1.29 is 14.3 Å². The minimum Gasteiger partial charge on any atom is -0.463 e. The lowest BCUT2D eigenvalue weighted by Crippen LogP contribution is -2.24. The molecule has 0 fully saturated rings. The van der Waals surface area contributed by atoms with Crippen LogP contribution in [0.3, 0.4) is 0 Å². The van der Waals surface area contributed by atoms with Gasteiger partial charge in [0.1, 0.15) is 0 Å². The van der Waals surface area contributed by atoms with Crippen LogP contribution >= 0.6 is 0 Å². The highest BCUT2D eigenvalue weighted by molar-refractivity contribution is 5.81. The third-order valence-corrected chi connectivity index (χ3v) is 4.32. The summed E-state index contributed by atoms with van der Waals surface area (Å²) < 4.78 is 11.2. The molecule has 1 aromatic carbocycles. The summed E-state index contributed by atoms with van der Waals surface area (Å²) in [7, 11) is 0. The summed E-state index contributed by atoms with van der Waals surface area (Å²) in [5.41, 5.74) is 1.17. The zero-order chi connectivity index (χ0) is 17.8. The molecule has 0 spiro atoms. The first-order chi connectivity index (χ1) is 11.6. The van der Waals surface area contributed by atoms with E-state index < -0.39 is 0 Å². The summed E-state index contributed by atoms with van der Waals surface area (Å²) in [6.45, 7) is 9.40. The Hall–Kier alpha value is -1.61. The van der Waals surface area contributed by atoms with Gasteiger partial charge in [-0.3, -0.25) is 0 Å². The van der Waals surface area contributed by atoms with E-state index in [1.54, 1.807) is 6.08 Å². The van der Waals surface area contributed by atoms with Crippen molar-refractivity contribution >= 4 is 5.97 Å². The van der Waals surface area contributed by atoms with E-state index in [0.29, 0.717) is 19.1 Å². The van der Waals surface area contributed by atoms with Crippen LogP contribution in [0, 0.1) is 11.8 Å². The van der Waals surface area contributed by atoms with Crippen LogP contribution in [0.2, 0.25) is 0 Å². The van der Waals surface area contributed by atoms with Crippen LogP contribution in [0.4, 0.5) is 0 Å². The van der Waals surface area contributed by atoms with E-state index in [4.69, 9.17) is 9.47 Å². The maximum atomic E-state index is 11.6. The molecule has 0 aliphatic carbocycles. The van der Waals surface area contributed by atoms with Gasteiger partial charge in [0.2, 0.25) is 0 Å². The van der Waals surface area contributed by atoms with E-state index in [9.17, 15) is 4.79 Å². The molecule has 0 heterocycles. The summed E-state index contributed by atoms with van der Waals surface area (Å²) in [6.07, 6.45) is 6.69. The van der Waals surface area contributed by atoms with Crippen molar-refractivity contribution in [3.63, 3.8) is 0 Å². The van der Waals surface area contributed by atoms with Gasteiger partial charge in [-0.15, -0.1) is 0 Å². The molecule has 134 valence electrons. The lowest BCUT2D eigenvalue weighted by atomic mass is 9.88. The Morgan fingerprint density at radius 1 is 1.12 bits per heavy atom. The van der Waals surface area contributed by atoms with Gasteiger partial charge in [-0.2, -0.15) is 0 Å². The van der Waals surface area contributed by atoms with E-state index in [0.717, 1.165) is 19.3 Å². The molecule has 0 amide bonds. The second-order valence-electron chi connectivity index (χ2n) is 6.27. The molecule has 0 bridgehead atoms. The maximum Gasteiger partial charge on any atom is 0.330 e. The van der Waals surface area contributed by atoms with Crippen molar-refractivity contribution in [1.82, 2.24) is 0 Å². The molecule has 0 aromatic heterocycles. The van der Waals surface area contributed by atoms with E-state index in [2.05, 4.69) is 32.9 Å². The second kappa shape index (κ2) is 11.9. The quantitative estimate of drug-likeness (QED) is 0.415. The molecule has 1 aromatic rings. The number of ether oxygens (including phenoxy) is 2. The first-order valence-corrected chi connectivity index (χ1v) is 9.11. The van der Waals surface area contributed by atoms with Gasteiger partial charge in [0, 0.05) is 12.0 Å². The van der Waals surface area contributed by atoms with Crippen molar-refractivity contribution in [1.29, 1.82) is 0 Å². The highest BCUT2D eigenvalue weighted by Gasteiger charge is 2.21. The molecular weight excluding hydrogens is 300 g/mol. The van der Waals surface area contributed by atoms with Gasteiger partial charge in [-0.1, -0.05) is 63.6 Å². The van der Waals surface area contributed by atoms with E-state index in [1.165, 1.54) is 5.56 Å². The molecule has 3 atom stereocenters. The fourth-order valence-corrected chi connectivity index (χ4v) is 2.70. The predicted octanol–water partition coefficient (Wildman–Crippen LogP) is 5.15. The summed E-state index contributed by atoms with van der Waals surface area (Å²) in [5, 5.41) is 0. The minimum absolute atomic E-state index is 0.102. The number of carbonyl (C=O) groups is 1. The molecule has 24 heavy (non-hydrogen) atoms. The van der Waals surface area contributed by atoms with Gasteiger partial charge < -0.3 is 9.47 Å². The molecule has 3 heteroatoms. The molecule has 0 radical (unpaired) electrons. The average Bonchev–Trinajstić information content (AvgIpc) is 2.60. The molecule has 0 saturated heterocycles. The first-order valence-electron chi connectivity index (χ1n) is 9.11. The van der Waals surface area contributed by atoms with Crippen LogP contribution < -0.4 is 0 Å². The summed E-state index contributed by atoms with van der Waals surface area (Å²) in [4.78, 5) is 11.6. The highest BCUT2D eigenvalue weighted by Crippen LogP contribution is 2.24. The molecule has 0 aliphatic rings. The highest BCUT2D eigenvalue weighted by atomic mass is 16.5. The monoisotopic (exact) mass is 332 g/mol. The standard InChI is InChI=1S/C21H32O3/c1-5-17(4)15-19(13-14-21(22)23-7-3)20(6-2)24-16-18-11-9-8-10-12-18/h8-14,17,19-20H,5-7,15-16H2,1-4H3/b14-13+/t17-,19+,20+/m0/s1. The van der Waals surface area contributed by atoms with E-state index in [-0.39, 0.29) is 18.0 Å². The molecule has 0 N–H and O–H groups in total. The number of benzene rings is 1. The zero-order valence-corrected chi connectivity index (χ0v) is 15.5. The van der Waals surface area contributed by atoms with Crippen molar-refractivity contribution in [2.45, 2.75) is 59.7 Å². The Labute approximate surface area is 147 Å². The van der Waals surface area contributed by atoms with Crippen molar-refractivity contribution in [2.75, 3.05) is 6.61 Å². The van der Waals surface area contributed by atoms with Gasteiger partial charge in [0.05, 0.1) is 19.3 Å². The Balaban J connectivity index is 2.74. The van der Waals surface area contributed by atoms with Gasteiger partial charge in [-0.05, 0) is 31.2 Å². The molecule has 0 saturated carbocycles. The Morgan fingerprint density at radius 3 is 2.42 bits per heavy atom.